The minimum Gasteiger partial charge on any atom is -0.324 e. The molecule has 208 valence electrons. The highest BCUT2D eigenvalue weighted by Crippen LogP contribution is 2.30. The summed E-state index contributed by atoms with van der Waals surface area (Å²) in [6.45, 7) is 4.74. The van der Waals surface area contributed by atoms with Gasteiger partial charge in [-0.1, -0.05) is 12.1 Å². The number of likely N-dealkylation sites (tertiary alicyclic amines) is 1. The zero-order valence-corrected chi connectivity index (χ0v) is 22.7. The van der Waals surface area contributed by atoms with Crippen LogP contribution in [0.5, 0.6) is 0 Å². The molecule has 1 saturated heterocycles. The number of piperidine rings is 1. The molecule has 1 N–H and O–H groups in total. The van der Waals surface area contributed by atoms with E-state index in [-0.39, 0.29) is 40.8 Å². The van der Waals surface area contributed by atoms with Crippen LogP contribution in [0.2, 0.25) is 0 Å². The van der Waals surface area contributed by atoms with Crippen molar-refractivity contribution in [3.8, 4) is 6.07 Å². The summed E-state index contributed by atoms with van der Waals surface area (Å²) in [5.41, 5.74) is 0.131. The molecule has 1 saturated carbocycles. The van der Waals surface area contributed by atoms with Gasteiger partial charge in [0, 0.05) is 43.7 Å². The van der Waals surface area contributed by atoms with Gasteiger partial charge in [-0.25, -0.2) is 14.0 Å². The van der Waals surface area contributed by atoms with Gasteiger partial charge in [0.2, 0.25) is 0 Å². The van der Waals surface area contributed by atoms with Crippen LogP contribution in [-0.2, 0) is 6.54 Å². The molecule has 3 aromatic rings. The second kappa shape index (κ2) is 11.1. The Morgan fingerprint density at radius 1 is 1.10 bits per heavy atom. The average Bonchev–Trinajstić information content (AvgIpc) is 3.76. The zero-order valence-electron chi connectivity index (χ0n) is 22.7. The molecule has 10 heteroatoms. The number of hydrogen-bond acceptors (Lipinski definition) is 5. The Hall–Kier alpha value is -4.26. The van der Waals surface area contributed by atoms with E-state index in [9.17, 15) is 19.2 Å². The molecule has 40 heavy (non-hydrogen) atoms. The van der Waals surface area contributed by atoms with Gasteiger partial charge in [0.1, 0.15) is 5.82 Å². The smallest absolute Gasteiger partial charge is 0.324 e. The minimum absolute atomic E-state index is 0.0563. The lowest BCUT2D eigenvalue weighted by atomic mass is 9.91. The topological polar surface area (TPSA) is 117 Å². The number of nitriles is 1. The van der Waals surface area contributed by atoms with E-state index in [1.807, 2.05) is 6.07 Å². The van der Waals surface area contributed by atoms with Crippen LogP contribution in [0, 0.1) is 29.0 Å². The van der Waals surface area contributed by atoms with Gasteiger partial charge >= 0.3 is 11.7 Å². The number of ketones is 1. The van der Waals surface area contributed by atoms with Crippen molar-refractivity contribution in [1.29, 1.82) is 5.26 Å². The van der Waals surface area contributed by atoms with E-state index in [1.54, 1.807) is 43.0 Å². The van der Waals surface area contributed by atoms with Crippen molar-refractivity contribution in [2.24, 2.45) is 11.8 Å². The second-order valence-electron chi connectivity index (χ2n) is 11.2. The molecule has 5 rings (SSSR count). The van der Waals surface area contributed by atoms with Crippen LogP contribution >= 0.6 is 0 Å². The van der Waals surface area contributed by atoms with E-state index in [1.165, 1.54) is 15.2 Å². The largest absolute Gasteiger partial charge is 0.331 e. The van der Waals surface area contributed by atoms with Gasteiger partial charge in [-0.3, -0.25) is 18.7 Å². The van der Waals surface area contributed by atoms with Crippen LogP contribution in [0.4, 0.5) is 14.9 Å². The van der Waals surface area contributed by atoms with Crippen molar-refractivity contribution in [1.82, 2.24) is 14.0 Å². The van der Waals surface area contributed by atoms with E-state index in [2.05, 4.69) is 5.32 Å². The number of nitrogens with one attached hydrogen (secondary N) is 1. The van der Waals surface area contributed by atoms with Crippen molar-refractivity contribution < 1.29 is 14.0 Å². The first-order valence-electron chi connectivity index (χ1n) is 13.7. The van der Waals surface area contributed by atoms with Crippen LogP contribution in [0.3, 0.4) is 0 Å². The molecule has 2 amide bonds. The average molecular weight is 546 g/mol. The fourth-order valence-electron chi connectivity index (χ4n) is 5.43. The maximum atomic E-state index is 15.2. The Kier molecular flexibility index (Phi) is 7.57. The van der Waals surface area contributed by atoms with Crippen LogP contribution < -0.4 is 16.6 Å². The highest BCUT2D eigenvalue weighted by molar-refractivity contribution is 5.96. The number of hydrogen-bond donors (Lipinski definition) is 1. The number of Topliss-reactive ketones (excluding diaryl/α,β-unsaturated/α-hetero) is 1. The summed E-state index contributed by atoms with van der Waals surface area (Å²) in [5.74, 6) is -0.562. The highest BCUT2D eigenvalue weighted by Gasteiger charge is 2.28. The third-order valence-electron chi connectivity index (χ3n) is 7.77. The molecule has 0 radical (unpaired) electrons. The summed E-state index contributed by atoms with van der Waals surface area (Å²) in [7, 11) is 0. The van der Waals surface area contributed by atoms with Gasteiger partial charge in [-0.2, -0.15) is 5.26 Å². The van der Waals surface area contributed by atoms with Gasteiger partial charge < -0.3 is 10.2 Å². The molecular weight excluding hydrogens is 513 g/mol. The lowest BCUT2D eigenvalue weighted by Gasteiger charge is -2.32. The predicted octanol–water partition coefficient (Wildman–Crippen LogP) is 4.68. The SMILES string of the molecule is CC(C)n1c(=O)n(CC2CC2)c(=O)c2cc(NC(=O)N3CCCC(CC(=O)c4ccc(C#N)cc4)C3)c(F)cc21. The number of aromatic nitrogens is 2. The molecule has 0 bridgehead atoms. The standard InChI is InChI=1S/C30H32FN5O4/c1-18(2)36-26-14-24(31)25(13-23(26)28(38)35(30(36)40)17-20-5-6-20)33-29(39)34-11-3-4-21(16-34)12-27(37)22-9-7-19(15-32)8-10-22/h7-10,13-14,18,20-21H,3-6,11-12,16-17H2,1-2H3,(H,33,39). The lowest BCUT2D eigenvalue weighted by molar-refractivity contribution is 0.0931. The minimum atomic E-state index is -0.737. The maximum Gasteiger partial charge on any atom is 0.331 e. The molecule has 9 nitrogen and oxygen atoms in total. The molecule has 2 heterocycles. The van der Waals surface area contributed by atoms with Crippen molar-refractivity contribution in [2.45, 2.75) is 58.5 Å². The van der Waals surface area contributed by atoms with Gasteiger partial charge in [0.15, 0.2) is 5.78 Å². The van der Waals surface area contributed by atoms with Gasteiger partial charge in [0.25, 0.3) is 5.56 Å². The number of rotatable bonds is 7. The Balaban J connectivity index is 1.35. The summed E-state index contributed by atoms with van der Waals surface area (Å²) >= 11 is 0. The summed E-state index contributed by atoms with van der Waals surface area (Å²) in [5, 5.41) is 11.7. The number of fused-ring (bicyclic) bond motifs is 1. The van der Waals surface area contributed by atoms with Crippen LogP contribution in [0.1, 0.15) is 67.9 Å². The lowest BCUT2D eigenvalue weighted by Crippen LogP contribution is -2.43. The van der Waals surface area contributed by atoms with Gasteiger partial charge in [-0.05, 0) is 69.6 Å². The maximum absolute atomic E-state index is 15.2. The Bertz CT molecular complexity index is 1630. The fraction of sp³-hybridized carbons (Fsp3) is 0.433. The van der Waals surface area contributed by atoms with Gasteiger partial charge in [0.05, 0.1) is 28.2 Å². The van der Waals surface area contributed by atoms with E-state index >= 15 is 4.39 Å². The number of amides is 2. The number of urea groups is 1. The molecule has 1 unspecified atom stereocenters. The quantitative estimate of drug-likeness (QED) is 0.433. The van der Waals surface area contributed by atoms with Crippen molar-refractivity contribution in [2.75, 3.05) is 18.4 Å². The summed E-state index contributed by atoms with van der Waals surface area (Å²) in [6.07, 6.45) is 3.67. The fourth-order valence-corrected chi connectivity index (χ4v) is 5.43. The molecule has 1 atom stereocenters. The molecular formula is C30H32FN5O4. The van der Waals surface area contributed by atoms with Crippen molar-refractivity contribution in [3.63, 3.8) is 0 Å². The number of halogens is 1. The molecule has 1 aromatic heterocycles. The Morgan fingerprint density at radius 3 is 2.48 bits per heavy atom. The summed E-state index contributed by atoms with van der Waals surface area (Å²) < 4.78 is 17.9. The first-order valence-corrected chi connectivity index (χ1v) is 13.7. The first kappa shape index (κ1) is 27.3. The van der Waals surface area contributed by atoms with Crippen LogP contribution in [0.15, 0.2) is 46.0 Å². The number of carbonyl (C=O) groups is 2. The number of anilines is 1. The van der Waals surface area contributed by atoms with E-state index in [0.29, 0.717) is 43.1 Å². The second-order valence-corrected chi connectivity index (χ2v) is 11.2. The molecule has 1 aliphatic carbocycles. The van der Waals surface area contributed by atoms with Crippen LogP contribution in [-0.4, -0.2) is 38.9 Å². The van der Waals surface area contributed by atoms with Gasteiger partial charge in [-0.15, -0.1) is 0 Å². The molecule has 2 aromatic carbocycles. The van der Waals surface area contributed by atoms with E-state index in [0.717, 1.165) is 25.3 Å². The molecule has 2 aliphatic rings. The molecule has 2 fully saturated rings. The summed E-state index contributed by atoms with van der Waals surface area (Å²) in [4.78, 5) is 53.9. The predicted molar refractivity (Wildman–Crippen MR) is 149 cm³/mol. The Morgan fingerprint density at radius 2 is 1.82 bits per heavy atom. The first-order chi connectivity index (χ1) is 19.2. The third-order valence-corrected chi connectivity index (χ3v) is 7.77. The van der Waals surface area contributed by atoms with Crippen molar-refractivity contribution in [3.05, 3.63) is 74.2 Å². The molecule has 0 spiro atoms. The zero-order chi connectivity index (χ0) is 28.6. The number of carbonyl (C=O) groups excluding carboxylic acids is 2. The normalized spacial score (nSPS) is 17.2. The van der Waals surface area contributed by atoms with Crippen molar-refractivity contribution >= 4 is 28.4 Å². The van der Waals surface area contributed by atoms with E-state index < -0.39 is 23.1 Å². The Labute approximate surface area is 230 Å². The van der Waals surface area contributed by atoms with Crippen LogP contribution in [0.25, 0.3) is 10.9 Å². The molecule has 1 aliphatic heterocycles. The number of benzene rings is 2. The monoisotopic (exact) mass is 545 g/mol. The summed E-state index contributed by atoms with van der Waals surface area (Å²) in [6, 6.07) is 10.2. The van der Waals surface area contributed by atoms with E-state index in [4.69, 9.17) is 5.26 Å². The highest BCUT2D eigenvalue weighted by atomic mass is 19.1. The number of nitrogens with zero attached hydrogens (tertiary/aromatic N) is 4. The third kappa shape index (κ3) is 5.55.